The quantitative estimate of drug-likeness (QED) is 0.813. The molecule has 0 radical (unpaired) electrons. The standard InChI is InChI=1S/C13H18N4/c14-7-4-8-17-10-16-9-12(17)13(15)11-5-2-1-3-6-11/h1-3,5-6,9-10,13H,4,7-8,14-15H2. The smallest absolute Gasteiger partial charge is 0.0948 e. The van der Waals surface area contributed by atoms with E-state index in [-0.39, 0.29) is 6.04 Å². The number of rotatable bonds is 5. The van der Waals surface area contributed by atoms with Crippen molar-refractivity contribution in [3.05, 3.63) is 54.1 Å². The van der Waals surface area contributed by atoms with Gasteiger partial charge in [0, 0.05) is 6.54 Å². The molecule has 0 aliphatic rings. The summed E-state index contributed by atoms with van der Waals surface area (Å²) in [5, 5.41) is 0. The second-order valence-electron chi connectivity index (χ2n) is 4.04. The SMILES string of the molecule is NCCCn1cncc1C(N)c1ccccc1. The monoisotopic (exact) mass is 230 g/mol. The van der Waals surface area contributed by atoms with Crippen molar-refractivity contribution < 1.29 is 0 Å². The Morgan fingerprint density at radius 2 is 2.00 bits per heavy atom. The van der Waals surface area contributed by atoms with Gasteiger partial charge in [0.05, 0.1) is 24.3 Å². The maximum atomic E-state index is 6.24. The van der Waals surface area contributed by atoms with Gasteiger partial charge in [0.2, 0.25) is 0 Å². The summed E-state index contributed by atoms with van der Waals surface area (Å²) in [6, 6.07) is 9.92. The third kappa shape index (κ3) is 2.72. The van der Waals surface area contributed by atoms with E-state index >= 15 is 0 Å². The van der Waals surface area contributed by atoms with Crippen molar-refractivity contribution in [2.75, 3.05) is 6.54 Å². The lowest BCUT2D eigenvalue weighted by Gasteiger charge is -2.14. The number of nitrogens with two attached hydrogens (primary N) is 2. The minimum absolute atomic E-state index is 0.128. The predicted molar refractivity (Wildman–Crippen MR) is 68.4 cm³/mol. The first-order valence-corrected chi connectivity index (χ1v) is 5.83. The molecule has 1 atom stereocenters. The van der Waals surface area contributed by atoms with Gasteiger partial charge in [0.25, 0.3) is 0 Å². The summed E-state index contributed by atoms with van der Waals surface area (Å²) in [5.41, 5.74) is 13.9. The molecule has 0 bridgehead atoms. The number of aromatic nitrogens is 2. The first-order valence-electron chi connectivity index (χ1n) is 5.83. The number of hydrogen-bond acceptors (Lipinski definition) is 3. The number of nitrogens with zero attached hydrogens (tertiary/aromatic N) is 2. The molecule has 4 nitrogen and oxygen atoms in total. The Kier molecular flexibility index (Phi) is 3.90. The Balaban J connectivity index is 2.19. The van der Waals surface area contributed by atoms with Crippen LogP contribution in [0.2, 0.25) is 0 Å². The first kappa shape index (κ1) is 11.8. The maximum absolute atomic E-state index is 6.24. The van der Waals surface area contributed by atoms with Gasteiger partial charge in [-0.15, -0.1) is 0 Å². The van der Waals surface area contributed by atoms with Gasteiger partial charge in [-0.25, -0.2) is 4.98 Å². The third-order valence-corrected chi connectivity index (χ3v) is 2.82. The number of benzene rings is 1. The zero-order chi connectivity index (χ0) is 12.1. The van der Waals surface area contributed by atoms with E-state index in [4.69, 9.17) is 11.5 Å². The van der Waals surface area contributed by atoms with E-state index in [9.17, 15) is 0 Å². The highest BCUT2D eigenvalue weighted by Gasteiger charge is 2.12. The van der Waals surface area contributed by atoms with E-state index in [2.05, 4.69) is 9.55 Å². The molecule has 0 aliphatic heterocycles. The summed E-state index contributed by atoms with van der Waals surface area (Å²) in [7, 11) is 0. The molecule has 0 fully saturated rings. The van der Waals surface area contributed by atoms with Crippen LogP contribution in [0.25, 0.3) is 0 Å². The highest BCUT2D eigenvalue weighted by Crippen LogP contribution is 2.18. The Hall–Kier alpha value is -1.65. The van der Waals surface area contributed by atoms with Gasteiger partial charge in [-0.05, 0) is 18.5 Å². The maximum Gasteiger partial charge on any atom is 0.0948 e. The largest absolute Gasteiger partial charge is 0.333 e. The zero-order valence-electron chi connectivity index (χ0n) is 9.79. The molecule has 1 aromatic heterocycles. The van der Waals surface area contributed by atoms with E-state index in [1.54, 1.807) is 0 Å². The van der Waals surface area contributed by atoms with E-state index in [0.717, 1.165) is 24.2 Å². The second kappa shape index (κ2) is 5.61. The molecular formula is C13H18N4. The van der Waals surface area contributed by atoms with E-state index in [1.165, 1.54) is 0 Å². The fourth-order valence-electron chi connectivity index (χ4n) is 1.87. The average molecular weight is 230 g/mol. The Morgan fingerprint density at radius 3 is 2.71 bits per heavy atom. The van der Waals surface area contributed by atoms with Crippen molar-refractivity contribution in [1.82, 2.24) is 9.55 Å². The van der Waals surface area contributed by atoms with Gasteiger partial charge < -0.3 is 16.0 Å². The molecule has 90 valence electrons. The van der Waals surface area contributed by atoms with Crippen molar-refractivity contribution in [2.24, 2.45) is 11.5 Å². The molecule has 2 rings (SSSR count). The normalized spacial score (nSPS) is 12.6. The topological polar surface area (TPSA) is 69.9 Å². The summed E-state index contributed by atoms with van der Waals surface area (Å²) >= 11 is 0. The van der Waals surface area contributed by atoms with Gasteiger partial charge in [-0.2, -0.15) is 0 Å². The number of hydrogen-bond donors (Lipinski definition) is 2. The summed E-state index contributed by atoms with van der Waals surface area (Å²) in [6.45, 7) is 1.55. The molecule has 17 heavy (non-hydrogen) atoms. The fourth-order valence-corrected chi connectivity index (χ4v) is 1.87. The van der Waals surface area contributed by atoms with Crippen LogP contribution < -0.4 is 11.5 Å². The average Bonchev–Trinajstić information content (AvgIpc) is 2.84. The fraction of sp³-hybridized carbons (Fsp3) is 0.308. The molecule has 0 amide bonds. The number of aryl methyl sites for hydroxylation is 1. The zero-order valence-corrected chi connectivity index (χ0v) is 9.79. The van der Waals surface area contributed by atoms with Gasteiger partial charge in [-0.1, -0.05) is 30.3 Å². The molecule has 4 N–H and O–H groups in total. The lowest BCUT2D eigenvalue weighted by molar-refractivity contribution is 0.607. The first-order chi connectivity index (χ1) is 8.33. The van der Waals surface area contributed by atoms with Crippen LogP contribution in [0.5, 0.6) is 0 Å². The van der Waals surface area contributed by atoms with Crippen molar-refractivity contribution in [3.63, 3.8) is 0 Å². The van der Waals surface area contributed by atoms with Gasteiger partial charge in [0.15, 0.2) is 0 Å². The van der Waals surface area contributed by atoms with Crippen LogP contribution in [0, 0.1) is 0 Å². The molecule has 0 saturated heterocycles. The van der Waals surface area contributed by atoms with Crippen LogP contribution in [0.1, 0.15) is 23.7 Å². The van der Waals surface area contributed by atoms with Crippen LogP contribution in [0.15, 0.2) is 42.9 Å². The van der Waals surface area contributed by atoms with Crippen molar-refractivity contribution >= 4 is 0 Å². The minimum Gasteiger partial charge on any atom is -0.333 e. The van der Waals surface area contributed by atoms with Crippen molar-refractivity contribution in [1.29, 1.82) is 0 Å². The molecule has 0 saturated carbocycles. The molecule has 4 heteroatoms. The second-order valence-corrected chi connectivity index (χ2v) is 4.04. The summed E-state index contributed by atoms with van der Waals surface area (Å²) in [4.78, 5) is 4.16. The van der Waals surface area contributed by atoms with Crippen LogP contribution in [-0.2, 0) is 6.54 Å². The van der Waals surface area contributed by atoms with Crippen molar-refractivity contribution in [2.45, 2.75) is 19.0 Å². The Labute approximate surface area is 101 Å². The highest BCUT2D eigenvalue weighted by molar-refractivity contribution is 5.26. The van der Waals surface area contributed by atoms with Gasteiger partial charge in [-0.3, -0.25) is 0 Å². The number of imidazole rings is 1. The predicted octanol–water partition coefficient (Wildman–Crippen LogP) is 1.28. The molecule has 0 aliphatic carbocycles. The minimum atomic E-state index is -0.128. The van der Waals surface area contributed by atoms with E-state index < -0.39 is 0 Å². The molecular weight excluding hydrogens is 212 g/mol. The lowest BCUT2D eigenvalue weighted by atomic mass is 10.1. The van der Waals surface area contributed by atoms with Crippen LogP contribution in [0.4, 0.5) is 0 Å². The highest BCUT2D eigenvalue weighted by atomic mass is 15.1. The van der Waals surface area contributed by atoms with Gasteiger partial charge >= 0.3 is 0 Å². The molecule has 0 spiro atoms. The van der Waals surface area contributed by atoms with Gasteiger partial charge in [0.1, 0.15) is 0 Å². The van der Waals surface area contributed by atoms with Crippen LogP contribution in [-0.4, -0.2) is 16.1 Å². The summed E-state index contributed by atoms with van der Waals surface area (Å²) in [5.74, 6) is 0. The van der Waals surface area contributed by atoms with E-state index in [1.807, 2.05) is 42.9 Å². The van der Waals surface area contributed by atoms with E-state index in [0.29, 0.717) is 6.54 Å². The Bertz CT molecular complexity index is 449. The molecule has 2 aromatic rings. The van der Waals surface area contributed by atoms with Crippen LogP contribution in [0.3, 0.4) is 0 Å². The molecule has 1 aromatic carbocycles. The lowest BCUT2D eigenvalue weighted by Crippen LogP contribution is -2.17. The van der Waals surface area contributed by atoms with Crippen molar-refractivity contribution in [3.8, 4) is 0 Å². The van der Waals surface area contributed by atoms with Crippen LogP contribution >= 0.6 is 0 Å². The molecule has 1 heterocycles. The third-order valence-electron chi connectivity index (χ3n) is 2.82. The Morgan fingerprint density at radius 1 is 1.24 bits per heavy atom. The summed E-state index contributed by atoms with van der Waals surface area (Å²) in [6.07, 6.45) is 4.58. The molecule has 1 unspecified atom stereocenters. The summed E-state index contributed by atoms with van der Waals surface area (Å²) < 4.78 is 2.07.